The lowest BCUT2D eigenvalue weighted by atomic mass is 10.0. The van der Waals surface area contributed by atoms with Gasteiger partial charge in [-0.25, -0.2) is 0 Å². The molecule has 1 unspecified atom stereocenters. The number of carbonyl (C=O) groups excluding carboxylic acids is 1. The summed E-state index contributed by atoms with van der Waals surface area (Å²) in [4.78, 5) is 24.5. The second-order valence-corrected chi connectivity index (χ2v) is 5.25. The highest BCUT2D eigenvalue weighted by atomic mass is 16.4. The first-order valence-electron chi connectivity index (χ1n) is 6.13. The molecule has 0 aromatic carbocycles. The van der Waals surface area contributed by atoms with E-state index in [1.807, 2.05) is 20.8 Å². The molecular formula is C12H22N2O3. The Labute approximate surface area is 102 Å². The number of rotatable bonds is 5. The summed E-state index contributed by atoms with van der Waals surface area (Å²) in [5.41, 5.74) is -0.227. The summed E-state index contributed by atoms with van der Waals surface area (Å²) in [5, 5.41) is 11.9. The summed E-state index contributed by atoms with van der Waals surface area (Å²) in [6, 6.07) is -0.495. The molecule has 1 amide bonds. The Kier molecular flexibility index (Phi) is 4.51. The van der Waals surface area contributed by atoms with Gasteiger partial charge in [0.15, 0.2) is 0 Å². The number of nitrogens with zero attached hydrogens (tertiary/aromatic N) is 1. The van der Waals surface area contributed by atoms with Crippen molar-refractivity contribution in [1.82, 2.24) is 10.2 Å². The van der Waals surface area contributed by atoms with E-state index in [9.17, 15) is 9.59 Å². The van der Waals surface area contributed by atoms with E-state index in [2.05, 4.69) is 5.32 Å². The van der Waals surface area contributed by atoms with Gasteiger partial charge in [0.25, 0.3) is 0 Å². The van der Waals surface area contributed by atoms with E-state index in [1.54, 1.807) is 4.90 Å². The van der Waals surface area contributed by atoms with Gasteiger partial charge in [-0.1, -0.05) is 6.92 Å². The molecule has 17 heavy (non-hydrogen) atoms. The largest absolute Gasteiger partial charge is 0.480 e. The van der Waals surface area contributed by atoms with Crippen molar-refractivity contribution < 1.29 is 14.7 Å². The summed E-state index contributed by atoms with van der Waals surface area (Å²) in [6.07, 6.45) is 2.34. The lowest BCUT2D eigenvalue weighted by Crippen LogP contribution is -2.49. The Balaban J connectivity index is 2.48. The molecule has 1 atom stereocenters. The van der Waals surface area contributed by atoms with Crippen molar-refractivity contribution >= 4 is 11.9 Å². The number of aliphatic carboxylic acids is 1. The zero-order valence-corrected chi connectivity index (χ0v) is 10.8. The van der Waals surface area contributed by atoms with Gasteiger partial charge in [-0.05, 0) is 39.7 Å². The minimum Gasteiger partial charge on any atom is -0.480 e. The quantitative estimate of drug-likeness (QED) is 0.749. The number of hydrogen-bond acceptors (Lipinski definition) is 3. The predicted octanol–water partition coefficient (Wildman–Crippen LogP) is 0.840. The fourth-order valence-corrected chi connectivity index (χ4v) is 1.98. The molecule has 0 aromatic heterocycles. The molecule has 1 heterocycles. The molecule has 0 radical (unpaired) electrons. The van der Waals surface area contributed by atoms with E-state index in [-0.39, 0.29) is 18.0 Å². The van der Waals surface area contributed by atoms with Crippen LogP contribution in [0.2, 0.25) is 0 Å². The summed E-state index contributed by atoms with van der Waals surface area (Å²) >= 11 is 0. The molecule has 1 fully saturated rings. The first-order valence-corrected chi connectivity index (χ1v) is 6.13. The highest BCUT2D eigenvalue weighted by Crippen LogP contribution is 2.17. The van der Waals surface area contributed by atoms with Gasteiger partial charge < -0.3 is 10.4 Å². The molecule has 0 spiro atoms. The first-order chi connectivity index (χ1) is 7.85. The number of carboxylic acids is 1. The molecule has 98 valence electrons. The van der Waals surface area contributed by atoms with Crippen LogP contribution in [0.3, 0.4) is 0 Å². The Morgan fingerprint density at radius 1 is 1.47 bits per heavy atom. The number of carboxylic acid groups (broad SMARTS) is 1. The fourth-order valence-electron chi connectivity index (χ4n) is 1.98. The summed E-state index contributed by atoms with van der Waals surface area (Å²) in [6.45, 7) is 6.81. The standard InChI is InChI=1S/C12H22N2O3/c1-4-12(2,3)13-10(15)8-14-7-5-6-9(14)11(16)17/h9H,4-8H2,1-3H3,(H,13,15)(H,16,17). The summed E-state index contributed by atoms with van der Waals surface area (Å²) in [5.74, 6) is -0.921. The monoisotopic (exact) mass is 242 g/mol. The smallest absolute Gasteiger partial charge is 0.320 e. The lowest BCUT2D eigenvalue weighted by Gasteiger charge is -2.27. The van der Waals surface area contributed by atoms with E-state index in [4.69, 9.17) is 5.11 Å². The van der Waals surface area contributed by atoms with Crippen LogP contribution in [0.1, 0.15) is 40.0 Å². The van der Waals surface area contributed by atoms with Gasteiger partial charge in [-0.3, -0.25) is 14.5 Å². The molecular weight excluding hydrogens is 220 g/mol. The van der Waals surface area contributed by atoms with E-state index in [0.29, 0.717) is 13.0 Å². The maximum absolute atomic E-state index is 11.8. The fraction of sp³-hybridized carbons (Fsp3) is 0.833. The average Bonchev–Trinajstić information content (AvgIpc) is 2.65. The Hall–Kier alpha value is -1.10. The number of carbonyl (C=O) groups is 2. The molecule has 1 saturated heterocycles. The molecule has 1 aliphatic heterocycles. The van der Waals surface area contributed by atoms with Crippen molar-refractivity contribution in [3.05, 3.63) is 0 Å². The third-order valence-electron chi connectivity index (χ3n) is 3.36. The normalized spacial score (nSPS) is 21.5. The first kappa shape index (κ1) is 14.0. The van der Waals surface area contributed by atoms with Crippen molar-refractivity contribution in [2.75, 3.05) is 13.1 Å². The van der Waals surface area contributed by atoms with Gasteiger partial charge in [0.05, 0.1) is 6.54 Å². The molecule has 0 aromatic rings. The van der Waals surface area contributed by atoms with Crippen LogP contribution in [0.4, 0.5) is 0 Å². The van der Waals surface area contributed by atoms with Crippen LogP contribution in [0.15, 0.2) is 0 Å². The van der Waals surface area contributed by atoms with Crippen molar-refractivity contribution in [2.24, 2.45) is 0 Å². The van der Waals surface area contributed by atoms with Crippen LogP contribution in [-0.4, -0.2) is 46.6 Å². The molecule has 0 aliphatic carbocycles. The lowest BCUT2D eigenvalue weighted by molar-refractivity contribution is -0.142. The summed E-state index contributed by atoms with van der Waals surface area (Å²) in [7, 11) is 0. The maximum Gasteiger partial charge on any atom is 0.320 e. The van der Waals surface area contributed by atoms with E-state index in [0.717, 1.165) is 12.8 Å². The third kappa shape index (κ3) is 4.00. The van der Waals surface area contributed by atoms with Gasteiger partial charge in [-0.15, -0.1) is 0 Å². The Bertz CT molecular complexity index is 302. The minimum atomic E-state index is -0.829. The SMILES string of the molecule is CCC(C)(C)NC(=O)CN1CCCC1C(=O)O. The maximum atomic E-state index is 11.8. The van der Waals surface area contributed by atoms with Crippen molar-refractivity contribution in [3.8, 4) is 0 Å². The van der Waals surface area contributed by atoms with Crippen molar-refractivity contribution in [1.29, 1.82) is 0 Å². The zero-order valence-electron chi connectivity index (χ0n) is 10.8. The molecule has 5 heteroatoms. The van der Waals surface area contributed by atoms with Crippen LogP contribution >= 0.6 is 0 Å². The number of nitrogens with one attached hydrogen (secondary N) is 1. The number of likely N-dealkylation sites (tertiary alicyclic amines) is 1. The highest BCUT2D eigenvalue weighted by molar-refractivity contribution is 5.80. The third-order valence-corrected chi connectivity index (χ3v) is 3.36. The van der Waals surface area contributed by atoms with Crippen molar-refractivity contribution in [2.45, 2.75) is 51.6 Å². The molecule has 1 aliphatic rings. The van der Waals surface area contributed by atoms with Crippen LogP contribution in [0.5, 0.6) is 0 Å². The van der Waals surface area contributed by atoms with E-state index >= 15 is 0 Å². The second kappa shape index (κ2) is 5.49. The minimum absolute atomic E-state index is 0.0926. The van der Waals surface area contributed by atoms with E-state index < -0.39 is 12.0 Å². The molecule has 1 rings (SSSR count). The van der Waals surface area contributed by atoms with Gasteiger partial charge in [0, 0.05) is 5.54 Å². The molecule has 0 bridgehead atoms. The number of amides is 1. The topological polar surface area (TPSA) is 69.6 Å². The average molecular weight is 242 g/mol. The van der Waals surface area contributed by atoms with Crippen LogP contribution in [0, 0.1) is 0 Å². The Morgan fingerprint density at radius 2 is 2.12 bits per heavy atom. The highest BCUT2D eigenvalue weighted by Gasteiger charge is 2.32. The van der Waals surface area contributed by atoms with Crippen LogP contribution in [-0.2, 0) is 9.59 Å². The van der Waals surface area contributed by atoms with Gasteiger partial charge in [-0.2, -0.15) is 0 Å². The molecule has 0 saturated carbocycles. The van der Waals surface area contributed by atoms with Gasteiger partial charge >= 0.3 is 5.97 Å². The van der Waals surface area contributed by atoms with Crippen LogP contribution in [0.25, 0.3) is 0 Å². The number of hydrogen-bond donors (Lipinski definition) is 2. The predicted molar refractivity (Wildman–Crippen MR) is 64.7 cm³/mol. The van der Waals surface area contributed by atoms with Gasteiger partial charge in [0.2, 0.25) is 5.91 Å². The second-order valence-electron chi connectivity index (χ2n) is 5.25. The molecule has 5 nitrogen and oxygen atoms in total. The summed E-state index contributed by atoms with van der Waals surface area (Å²) < 4.78 is 0. The van der Waals surface area contributed by atoms with E-state index in [1.165, 1.54) is 0 Å². The Morgan fingerprint density at radius 3 is 2.65 bits per heavy atom. The van der Waals surface area contributed by atoms with Gasteiger partial charge in [0.1, 0.15) is 6.04 Å². The molecule has 2 N–H and O–H groups in total. The van der Waals surface area contributed by atoms with Crippen molar-refractivity contribution in [3.63, 3.8) is 0 Å². The van der Waals surface area contributed by atoms with Crippen LogP contribution < -0.4 is 5.32 Å². The zero-order chi connectivity index (χ0) is 13.1.